The number of pyridine rings is 1. The van der Waals surface area contributed by atoms with Gasteiger partial charge in [-0.3, -0.25) is 9.78 Å². The Balaban J connectivity index is 1.61. The molecule has 0 radical (unpaired) electrons. The molecule has 0 spiro atoms. The molecule has 1 saturated heterocycles. The lowest BCUT2D eigenvalue weighted by molar-refractivity contribution is 0.0698. The van der Waals surface area contributed by atoms with Gasteiger partial charge in [0, 0.05) is 44.0 Å². The lowest BCUT2D eigenvalue weighted by atomic mass is 10.2. The van der Waals surface area contributed by atoms with Crippen molar-refractivity contribution in [3.63, 3.8) is 0 Å². The third-order valence-corrected chi connectivity index (χ3v) is 5.59. The molecule has 1 aromatic heterocycles. The minimum atomic E-state index is -3.49. The number of sulfonamides is 1. The van der Waals surface area contributed by atoms with Crippen LogP contribution in [-0.4, -0.2) is 54.7 Å². The second-order valence-corrected chi connectivity index (χ2v) is 7.51. The fourth-order valence-electron chi connectivity index (χ4n) is 2.63. The molecule has 0 bridgehead atoms. The van der Waals surface area contributed by atoms with Gasteiger partial charge in [0.1, 0.15) is 0 Å². The molecule has 0 aliphatic carbocycles. The predicted octanol–water partition coefficient (Wildman–Crippen LogP) is 1.84. The number of nitrogens with zero attached hydrogens (tertiary/aromatic N) is 3. The molecule has 0 unspecified atom stereocenters. The summed E-state index contributed by atoms with van der Waals surface area (Å²) in [6, 6.07) is 12.7. The van der Waals surface area contributed by atoms with Gasteiger partial charge >= 0.3 is 0 Å². The van der Waals surface area contributed by atoms with Crippen LogP contribution < -0.4 is 0 Å². The Morgan fingerprint density at radius 1 is 1.00 bits per heavy atom. The number of carbonyl (C=O) groups excluding carboxylic acids is 1. The number of hydrogen-bond donors (Lipinski definition) is 0. The highest BCUT2D eigenvalue weighted by Gasteiger charge is 2.27. The summed E-state index contributed by atoms with van der Waals surface area (Å²) in [4.78, 5) is 18.0. The van der Waals surface area contributed by atoms with Gasteiger partial charge in [-0.05, 0) is 23.8 Å². The largest absolute Gasteiger partial charge is 0.336 e. The molecule has 1 amide bonds. The summed E-state index contributed by atoms with van der Waals surface area (Å²) < 4.78 is 26.3. The van der Waals surface area contributed by atoms with Gasteiger partial charge in [0.2, 0.25) is 10.0 Å². The van der Waals surface area contributed by atoms with E-state index >= 15 is 0 Å². The molecular formula is C18H19N3O3S. The van der Waals surface area contributed by atoms with Crippen molar-refractivity contribution >= 4 is 22.0 Å². The van der Waals surface area contributed by atoms with Crippen molar-refractivity contribution < 1.29 is 13.2 Å². The molecule has 2 heterocycles. The molecule has 1 fully saturated rings. The summed E-state index contributed by atoms with van der Waals surface area (Å²) >= 11 is 0. The number of amides is 1. The number of rotatable bonds is 4. The number of aromatic nitrogens is 1. The lowest BCUT2D eigenvalue weighted by Crippen LogP contribution is -2.50. The topological polar surface area (TPSA) is 70.6 Å². The molecule has 0 N–H and O–H groups in total. The van der Waals surface area contributed by atoms with Gasteiger partial charge in [-0.1, -0.05) is 30.3 Å². The number of hydrogen-bond acceptors (Lipinski definition) is 4. The fourth-order valence-corrected chi connectivity index (χ4v) is 3.81. The zero-order valence-electron chi connectivity index (χ0n) is 13.7. The third kappa shape index (κ3) is 4.32. The summed E-state index contributed by atoms with van der Waals surface area (Å²) in [6.45, 7) is 1.30. The van der Waals surface area contributed by atoms with Crippen molar-refractivity contribution in [2.45, 2.75) is 0 Å². The van der Waals surface area contributed by atoms with Crippen molar-refractivity contribution in [3.8, 4) is 0 Å². The molecular weight excluding hydrogens is 338 g/mol. The number of benzene rings is 1. The van der Waals surface area contributed by atoms with E-state index in [1.54, 1.807) is 29.3 Å². The Morgan fingerprint density at radius 2 is 1.72 bits per heavy atom. The molecule has 0 saturated carbocycles. The molecule has 1 aromatic carbocycles. The first-order valence-corrected chi connectivity index (χ1v) is 9.49. The molecule has 0 atom stereocenters. The second kappa shape index (κ2) is 7.58. The first-order chi connectivity index (χ1) is 12.1. The van der Waals surface area contributed by atoms with Crippen LogP contribution in [0.4, 0.5) is 0 Å². The fraction of sp³-hybridized carbons (Fsp3) is 0.222. The van der Waals surface area contributed by atoms with Crippen molar-refractivity contribution in [3.05, 3.63) is 71.4 Å². The number of carbonyl (C=O) groups is 1. The maximum atomic E-state index is 12.4. The van der Waals surface area contributed by atoms with E-state index in [9.17, 15) is 13.2 Å². The highest BCUT2D eigenvalue weighted by molar-refractivity contribution is 7.92. The van der Waals surface area contributed by atoms with E-state index in [1.807, 2.05) is 30.3 Å². The summed E-state index contributed by atoms with van der Waals surface area (Å²) in [5, 5.41) is 1.22. The van der Waals surface area contributed by atoms with Crippen LogP contribution in [-0.2, 0) is 10.0 Å². The van der Waals surface area contributed by atoms with Gasteiger partial charge in [0.25, 0.3) is 5.91 Å². The van der Waals surface area contributed by atoms with E-state index in [0.717, 1.165) is 5.56 Å². The van der Waals surface area contributed by atoms with Crippen LogP contribution in [0.3, 0.4) is 0 Å². The highest BCUT2D eigenvalue weighted by atomic mass is 32.2. The van der Waals surface area contributed by atoms with Crippen molar-refractivity contribution in [1.29, 1.82) is 0 Å². The zero-order chi connectivity index (χ0) is 17.7. The van der Waals surface area contributed by atoms with Gasteiger partial charge in [-0.25, -0.2) is 8.42 Å². The van der Waals surface area contributed by atoms with E-state index < -0.39 is 10.0 Å². The molecule has 1 aliphatic rings. The second-order valence-electron chi connectivity index (χ2n) is 5.69. The van der Waals surface area contributed by atoms with Crippen LogP contribution in [0, 0.1) is 0 Å². The van der Waals surface area contributed by atoms with Crippen LogP contribution in [0.5, 0.6) is 0 Å². The predicted molar refractivity (Wildman–Crippen MR) is 96.1 cm³/mol. The number of piperazine rings is 1. The first-order valence-electron chi connectivity index (χ1n) is 7.99. The average molecular weight is 357 g/mol. The standard InChI is InChI=1S/C18H19N3O3S/c22-18(17-7-4-9-19-15-17)20-10-12-21(13-11-20)25(23,24)14-8-16-5-2-1-3-6-16/h1-9,14-15H,10-13H2. The van der Waals surface area contributed by atoms with Crippen LogP contribution in [0.1, 0.15) is 15.9 Å². The van der Waals surface area contributed by atoms with Crippen molar-refractivity contribution in [2.24, 2.45) is 0 Å². The molecule has 1 aliphatic heterocycles. The van der Waals surface area contributed by atoms with E-state index in [4.69, 9.17) is 0 Å². The maximum absolute atomic E-state index is 12.4. The van der Waals surface area contributed by atoms with Gasteiger partial charge in [0.05, 0.1) is 5.56 Å². The summed E-state index contributed by atoms with van der Waals surface area (Å²) in [5.74, 6) is -0.120. The van der Waals surface area contributed by atoms with Crippen LogP contribution in [0.15, 0.2) is 60.3 Å². The summed E-state index contributed by atoms with van der Waals surface area (Å²) in [5.41, 5.74) is 1.35. The Bertz CT molecular complexity index is 844. The van der Waals surface area contributed by atoms with Crippen LogP contribution in [0.25, 0.3) is 6.08 Å². The maximum Gasteiger partial charge on any atom is 0.255 e. The van der Waals surface area contributed by atoms with Gasteiger partial charge < -0.3 is 4.90 Å². The van der Waals surface area contributed by atoms with E-state index in [2.05, 4.69) is 4.98 Å². The minimum absolute atomic E-state index is 0.120. The normalized spacial score (nSPS) is 16.2. The summed E-state index contributed by atoms with van der Waals surface area (Å²) in [6.07, 6.45) is 4.72. The Morgan fingerprint density at radius 3 is 2.36 bits per heavy atom. The van der Waals surface area contributed by atoms with Crippen molar-refractivity contribution in [1.82, 2.24) is 14.2 Å². The van der Waals surface area contributed by atoms with Crippen molar-refractivity contribution in [2.75, 3.05) is 26.2 Å². The minimum Gasteiger partial charge on any atom is -0.336 e. The summed E-state index contributed by atoms with van der Waals surface area (Å²) in [7, 11) is -3.49. The quantitative estimate of drug-likeness (QED) is 0.837. The average Bonchev–Trinajstić information content (AvgIpc) is 2.67. The Labute approximate surface area is 147 Å². The zero-order valence-corrected chi connectivity index (χ0v) is 14.5. The molecule has 25 heavy (non-hydrogen) atoms. The smallest absolute Gasteiger partial charge is 0.255 e. The Kier molecular flexibility index (Phi) is 5.25. The van der Waals surface area contributed by atoms with Crippen LogP contribution >= 0.6 is 0 Å². The van der Waals surface area contributed by atoms with Gasteiger partial charge in [-0.15, -0.1) is 0 Å². The third-order valence-electron chi connectivity index (χ3n) is 4.03. The monoisotopic (exact) mass is 357 g/mol. The molecule has 2 aromatic rings. The molecule has 130 valence electrons. The molecule has 6 nitrogen and oxygen atoms in total. The highest BCUT2D eigenvalue weighted by Crippen LogP contribution is 2.13. The SMILES string of the molecule is O=C(c1cccnc1)N1CCN(S(=O)(=O)C=Cc2ccccc2)CC1. The van der Waals surface area contributed by atoms with Gasteiger partial charge in [0.15, 0.2) is 0 Å². The molecule has 3 rings (SSSR count). The van der Waals surface area contributed by atoms with Crippen LogP contribution in [0.2, 0.25) is 0 Å². The molecule has 7 heteroatoms. The lowest BCUT2D eigenvalue weighted by Gasteiger charge is -2.33. The van der Waals surface area contributed by atoms with Gasteiger partial charge in [-0.2, -0.15) is 4.31 Å². The van der Waals surface area contributed by atoms with E-state index in [1.165, 1.54) is 15.9 Å². The Hall–Kier alpha value is -2.51. The first kappa shape index (κ1) is 17.3. The van der Waals surface area contributed by atoms with E-state index in [-0.39, 0.29) is 19.0 Å². The van der Waals surface area contributed by atoms with E-state index in [0.29, 0.717) is 18.7 Å².